The maximum Gasteiger partial charge on any atom is 0.365 e. The van der Waals surface area contributed by atoms with Crippen molar-refractivity contribution in [3.05, 3.63) is 27.9 Å². The highest BCUT2D eigenvalue weighted by molar-refractivity contribution is 5.51. The lowest BCUT2D eigenvalue weighted by Crippen LogP contribution is -1.98. The Bertz CT molecular complexity index is 368. The molecule has 6 heteroatoms. The fourth-order valence-corrected chi connectivity index (χ4v) is 0.651. The Balaban J connectivity index is 3.25. The summed E-state index contributed by atoms with van der Waals surface area (Å²) in [5.74, 6) is -0.374. The van der Waals surface area contributed by atoms with Gasteiger partial charge in [-0.15, -0.1) is 0 Å². The zero-order valence-corrected chi connectivity index (χ0v) is 5.89. The molecule has 0 amide bonds. The van der Waals surface area contributed by atoms with E-state index in [1.165, 1.54) is 6.07 Å². The third-order valence-electron chi connectivity index (χ3n) is 1.20. The van der Waals surface area contributed by atoms with Crippen molar-refractivity contribution in [1.29, 1.82) is 5.26 Å². The Labute approximate surface area is 67.4 Å². The lowest BCUT2D eigenvalue weighted by Gasteiger charge is -1.92. The van der Waals surface area contributed by atoms with Gasteiger partial charge in [-0.1, -0.05) is 0 Å². The van der Waals surface area contributed by atoms with E-state index in [1.54, 1.807) is 6.07 Å². The van der Waals surface area contributed by atoms with E-state index in [2.05, 4.69) is 4.98 Å². The first-order valence-electron chi connectivity index (χ1n) is 2.96. The molecular weight excluding hydrogens is 160 g/mol. The highest BCUT2D eigenvalue weighted by Crippen LogP contribution is 2.13. The van der Waals surface area contributed by atoms with E-state index >= 15 is 0 Å². The summed E-state index contributed by atoms with van der Waals surface area (Å²) in [6.45, 7) is 0. The molecule has 1 rings (SSSR count). The molecule has 0 unspecified atom stereocenters. The number of pyridine rings is 1. The molecule has 0 aliphatic heterocycles. The molecular formula is C6H4N4O2. The van der Waals surface area contributed by atoms with Gasteiger partial charge in [0.2, 0.25) is 0 Å². The van der Waals surface area contributed by atoms with Crippen LogP contribution in [0.3, 0.4) is 0 Å². The fraction of sp³-hybridized carbons (Fsp3) is 0. The zero-order chi connectivity index (χ0) is 9.14. The van der Waals surface area contributed by atoms with E-state index in [1.807, 2.05) is 0 Å². The number of hydrogen-bond acceptors (Lipinski definition) is 5. The van der Waals surface area contributed by atoms with Gasteiger partial charge in [0.1, 0.15) is 6.07 Å². The minimum absolute atomic E-state index is 0.121. The number of nitriles is 1. The second-order valence-electron chi connectivity index (χ2n) is 1.98. The molecule has 12 heavy (non-hydrogen) atoms. The van der Waals surface area contributed by atoms with Crippen molar-refractivity contribution in [2.75, 3.05) is 5.73 Å². The summed E-state index contributed by atoms with van der Waals surface area (Å²) in [5.41, 5.74) is 5.31. The molecule has 0 atom stereocenters. The maximum absolute atomic E-state index is 10.2. The Morgan fingerprint density at radius 1 is 1.67 bits per heavy atom. The maximum atomic E-state index is 10.2. The molecule has 0 fully saturated rings. The molecule has 60 valence electrons. The van der Waals surface area contributed by atoms with E-state index < -0.39 is 4.92 Å². The van der Waals surface area contributed by atoms with Gasteiger partial charge in [-0.3, -0.25) is 0 Å². The normalized spacial score (nSPS) is 8.92. The summed E-state index contributed by atoms with van der Waals surface area (Å²) in [6, 6.07) is 4.08. The van der Waals surface area contributed by atoms with Gasteiger partial charge in [-0.2, -0.15) is 5.26 Å². The van der Waals surface area contributed by atoms with Crippen LogP contribution in [0, 0.1) is 21.4 Å². The highest BCUT2D eigenvalue weighted by Gasteiger charge is 2.12. The number of rotatable bonds is 1. The molecule has 1 aromatic heterocycles. The zero-order valence-electron chi connectivity index (χ0n) is 5.89. The van der Waals surface area contributed by atoms with Crippen LogP contribution in [-0.4, -0.2) is 9.91 Å². The van der Waals surface area contributed by atoms with E-state index in [4.69, 9.17) is 11.0 Å². The standard InChI is InChI=1S/C6H4N4O2/c7-3-5-4(8)1-2-6(9-5)10(11)12/h1-2H,8H2. The fourth-order valence-electron chi connectivity index (χ4n) is 0.651. The monoisotopic (exact) mass is 164 g/mol. The minimum Gasteiger partial charge on any atom is -0.395 e. The van der Waals surface area contributed by atoms with Crippen LogP contribution in [0.2, 0.25) is 0 Å². The van der Waals surface area contributed by atoms with Gasteiger partial charge >= 0.3 is 5.82 Å². The van der Waals surface area contributed by atoms with Gasteiger partial charge < -0.3 is 15.8 Å². The number of aromatic nitrogens is 1. The van der Waals surface area contributed by atoms with Crippen LogP contribution < -0.4 is 5.73 Å². The molecule has 0 aromatic carbocycles. The van der Waals surface area contributed by atoms with Gasteiger partial charge in [-0.25, -0.2) is 0 Å². The van der Waals surface area contributed by atoms with E-state index in [9.17, 15) is 10.1 Å². The quantitative estimate of drug-likeness (QED) is 0.478. The third kappa shape index (κ3) is 1.29. The van der Waals surface area contributed by atoms with Crippen LogP contribution in [0.25, 0.3) is 0 Å². The predicted molar refractivity (Wildman–Crippen MR) is 40.0 cm³/mol. The Morgan fingerprint density at radius 2 is 2.33 bits per heavy atom. The molecule has 0 aliphatic rings. The lowest BCUT2D eigenvalue weighted by atomic mass is 10.3. The van der Waals surface area contributed by atoms with Gasteiger partial charge in [0.05, 0.1) is 5.69 Å². The second kappa shape index (κ2) is 2.84. The summed E-state index contributed by atoms with van der Waals surface area (Å²) >= 11 is 0. The Morgan fingerprint density at radius 3 is 2.83 bits per heavy atom. The minimum atomic E-state index is -0.680. The first-order chi connectivity index (χ1) is 5.65. The van der Waals surface area contributed by atoms with Gasteiger partial charge in [0, 0.05) is 6.07 Å². The van der Waals surface area contributed by atoms with Crippen molar-refractivity contribution in [3.63, 3.8) is 0 Å². The van der Waals surface area contributed by atoms with Crippen LogP contribution >= 0.6 is 0 Å². The smallest absolute Gasteiger partial charge is 0.365 e. The van der Waals surface area contributed by atoms with E-state index in [-0.39, 0.29) is 17.2 Å². The summed E-state index contributed by atoms with van der Waals surface area (Å²) in [5, 5.41) is 18.6. The third-order valence-corrected chi connectivity index (χ3v) is 1.20. The van der Waals surface area contributed by atoms with Gasteiger partial charge in [0.15, 0.2) is 0 Å². The number of nitro groups is 1. The number of nitrogen functional groups attached to an aromatic ring is 1. The largest absolute Gasteiger partial charge is 0.395 e. The van der Waals surface area contributed by atoms with Crippen molar-refractivity contribution < 1.29 is 4.92 Å². The summed E-state index contributed by atoms with van der Waals surface area (Å²) in [6.07, 6.45) is 0. The number of hydrogen-bond donors (Lipinski definition) is 1. The molecule has 1 heterocycles. The average molecular weight is 164 g/mol. The molecule has 6 nitrogen and oxygen atoms in total. The molecule has 0 saturated heterocycles. The Kier molecular flexibility index (Phi) is 1.88. The van der Waals surface area contributed by atoms with Crippen molar-refractivity contribution in [3.8, 4) is 6.07 Å². The Hall–Kier alpha value is -2.16. The van der Waals surface area contributed by atoms with Crippen LogP contribution in [0.1, 0.15) is 5.69 Å². The topological polar surface area (TPSA) is 106 Å². The highest BCUT2D eigenvalue weighted by atomic mass is 16.6. The van der Waals surface area contributed by atoms with E-state index in [0.29, 0.717) is 0 Å². The molecule has 0 aliphatic carbocycles. The van der Waals surface area contributed by atoms with Crippen LogP contribution in [0.4, 0.5) is 11.5 Å². The number of nitrogens with zero attached hydrogens (tertiary/aromatic N) is 3. The van der Waals surface area contributed by atoms with Gasteiger partial charge in [0.25, 0.3) is 5.69 Å². The van der Waals surface area contributed by atoms with Crippen molar-refractivity contribution in [1.82, 2.24) is 4.98 Å². The van der Waals surface area contributed by atoms with Crippen molar-refractivity contribution in [2.24, 2.45) is 0 Å². The molecule has 0 saturated carbocycles. The first kappa shape index (κ1) is 7.94. The second-order valence-corrected chi connectivity index (χ2v) is 1.98. The SMILES string of the molecule is N#Cc1nc([N+](=O)[O-])ccc1N. The number of nitrogens with two attached hydrogens (primary N) is 1. The number of anilines is 1. The molecule has 1 aromatic rings. The lowest BCUT2D eigenvalue weighted by molar-refractivity contribution is -0.389. The van der Waals surface area contributed by atoms with Crippen molar-refractivity contribution in [2.45, 2.75) is 0 Å². The van der Waals surface area contributed by atoms with Crippen molar-refractivity contribution >= 4 is 11.5 Å². The summed E-state index contributed by atoms with van der Waals surface area (Å²) in [7, 11) is 0. The molecule has 0 radical (unpaired) electrons. The molecule has 2 N–H and O–H groups in total. The summed E-state index contributed by atoms with van der Waals surface area (Å²) in [4.78, 5) is 12.9. The summed E-state index contributed by atoms with van der Waals surface area (Å²) < 4.78 is 0. The van der Waals surface area contributed by atoms with Crippen LogP contribution in [0.15, 0.2) is 12.1 Å². The molecule has 0 spiro atoms. The van der Waals surface area contributed by atoms with Crippen LogP contribution in [-0.2, 0) is 0 Å². The van der Waals surface area contributed by atoms with E-state index in [0.717, 1.165) is 6.07 Å². The van der Waals surface area contributed by atoms with Gasteiger partial charge in [-0.05, 0) is 16.0 Å². The predicted octanol–water partition coefficient (Wildman–Crippen LogP) is 0.444. The van der Waals surface area contributed by atoms with Crippen LogP contribution in [0.5, 0.6) is 0 Å². The first-order valence-corrected chi connectivity index (χ1v) is 2.96. The average Bonchev–Trinajstić information content (AvgIpc) is 2.05. The molecule has 0 bridgehead atoms.